The number of amides is 1. The highest BCUT2D eigenvalue weighted by molar-refractivity contribution is 8.00. The summed E-state index contributed by atoms with van der Waals surface area (Å²) in [7, 11) is 0. The quantitative estimate of drug-likeness (QED) is 0.367. The van der Waals surface area contributed by atoms with Crippen LogP contribution in [0.5, 0.6) is 5.75 Å². The van der Waals surface area contributed by atoms with Gasteiger partial charge in [-0.1, -0.05) is 59.5 Å². The summed E-state index contributed by atoms with van der Waals surface area (Å²) in [4.78, 5) is 12.8. The van der Waals surface area contributed by atoms with Gasteiger partial charge in [-0.15, -0.1) is 10.2 Å². The van der Waals surface area contributed by atoms with Crippen LogP contribution in [-0.4, -0.2) is 40.5 Å². The van der Waals surface area contributed by atoms with Crippen LogP contribution in [0.25, 0.3) is 11.0 Å². The molecule has 2 heterocycles. The normalized spacial score (nSPS) is 12.1. The number of nitrogens with zero attached hydrogens (tertiary/aromatic N) is 2. The Balaban J connectivity index is 1.41. The molecule has 0 radical (unpaired) electrons. The molecule has 1 unspecified atom stereocenters. The van der Waals surface area contributed by atoms with Crippen LogP contribution in [0, 0.1) is 6.92 Å². The molecular weight excluding hydrogens is 434 g/mol. The highest BCUT2D eigenvalue weighted by Crippen LogP contribution is 2.33. The van der Waals surface area contributed by atoms with E-state index in [0.717, 1.165) is 20.3 Å². The van der Waals surface area contributed by atoms with Crippen molar-refractivity contribution in [3.63, 3.8) is 0 Å². The Labute approximate surface area is 187 Å². The molecule has 0 aliphatic heterocycles. The van der Waals surface area contributed by atoms with Crippen LogP contribution in [-0.2, 0) is 5.75 Å². The molecular formula is C22H21N3O4S2. The molecule has 0 saturated heterocycles. The fourth-order valence-electron chi connectivity index (χ4n) is 2.96. The predicted molar refractivity (Wildman–Crippen MR) is 121 cm³/mol. The number of rotatable bonds is 9. The molecule has 0 bridgehead atoms. The summed E-state index contributed by atoms with van der Waals surface area (Å²) in [5.41, 5.74) is 1.44. The van der Waals surface area contributed by atoms with Gasteiger partial charge in [0.25, 0.3) is 5.91 Å². The number of aromatic nitrogens is 2. The molecule has 9 heteroatoms. The van der Waals surface area contributed by atoms with E-state index in [4.69, 9.17) is 9.15 Å². The number of carbonyl (C=O) groups is 1. The third-order valence-corrected chi connectivity index (χ3v) is 6.43. The fraction of sp³-hybridized carbons (Fsp3) is 0.227. The van der Waals surface area contributed by atoms with Gasteiger partial charge in [0, 0.05) is 23.2 Å². The summed E-state index contributed by atoms with van der Waals surface area (Å²) in [5, 5.41) is 22.9. The second-order valence-electron chi connectivity index (χ2n) is 6.77. The Hall–Kier alpha value is -2.88. The average molecular weight is 456 g/mol. The van der Waals surface area contributed by atoms with Gasteiger partial charge in [-0.05, 0) is 25.1 Å². The van der Waals surface area contributed by atoms with Crippen LogP contribution >= 0.6 is 23.1 Å². The Morgan fingerprint density at radius 2 is 1.97 bits per heavy atom. The number of hydrogen-bond donors (Lipinski definition) is 2. The highest BCUT2D eigenvalue weighted by atomic mass is 32.2. The second kappa shape index (κ2) is 9.95. The summed E-state index contributed by atoms with van der Waals surface area (Å²) in [6.45, 7) is 2.02. The molecule has 1 amide bonds. The third-order valence-electron chi connectivity index (χ3n) is 4.44. The summed E-state index contributed by atoms with van der Waals surface area (Å²) in [5.74, 6) is 1.05. The Morgan fingerprint density at radius 3 is 2.74 bits per heavy atom. The molecule has 160 valence electrons. The first-order valence-electron chi connectivity index (χ1n) is 9.67. The Bertz CT molecular complexity index is 1160. The van der Waals surface area contributed by atoms with Crippen LogP contribution in [0.15, 0.2) is 63.4 Å². The molecule has 2 aromatic heterocycles. The molecule has 0 saturated carbocycles. The molecule has 4 rings (SSSR count). The molecule has 31 heavy (non-hydrogen) atoms. The topological polar surface area (TPSA) is 97.5 Å². The summed E-state index contributed by atoms with van der Waals surface area (Å²) < 4.78 is 12.2. The first-order valence-corrected chi connectivity index (χ1v) is 11.5. The number of nitrogens with one attached hydrogen (secondary N) is 1. The summed E-state index contributed by atoms with van der Waals surface area (Å²) in [6, 6.07) is 16.8. The standard InChI is InChI=1S/C22H21N3O4S2/c1-14-24-25-22(31-14)30-13-18-17-9-5-6-10-19(17)29-20(18)21(27)23-11-15(26)12-28-16-7-3-2-4-8-16/h2-10,15,26H,11-13H2,1H3,(H,23,27). The fourth-order valence-corrected chi connectivity index (χ4v) is 4.80. The second-order valence-corrected chi connectivity index (χ2v) is 9.17. The lowest BCUT2D eigenvalue weighted by molar-refractivity contribution is 0.0823. The van der Waals surface area contributed by atoms with E-state index < -0.39 is 6.10 Å². The molecule has 1 atom stereocenters. The van der Waals surface area contributed by atoms with Gasteiger partial charge in [0.05, 0.1) is 0 Å². The lowest BCUT2D eigenvalue weighted by atomic mass is 10.1. The summed E-state index contributed by atoms with van der Waals surface area (Å²) >= 11 is 3.02. The number of hydrogen-bond acceptors (Lipinski definition) is 8. The van der Waals surface area contributed by atoms with Gasteiger partial charge in [-0.3, -0.25) is 4.79 Å². The van der Waals surface area contributed by atoms with Crippen molar-refractivity contribution in [1.29, 1.82) is 0 Å². The first kappa shape index (κ1) is 21.4. The number of benzene rings is 2. The van der Waals surface area contributed by atoms with Crippen LogP contribution in [0.1, 0.15) is 21.1 Å². The number of aliphatic hydroxyl groups is 1. The van der Waals surface area contributed by atoms with E-state index in [0.29, 0.717) is 17.1 Å². The number of fused-ring (bicyclic) bond motifs is 1. The van der Waals surface area contributed by atoms with Gasteiger partial charge in [-0.2, -0.15) is 0 Å². The van der Waals surface area contributed by atoms with Crippen LogP contribution in [0.4, 0.5) is 0 Å². The van der Waals surface area contributed by atoms with E-state index in [1.54, 1.807) is 0 Å². The van der Waals surface area contributed by atoms with Crippen molar-refractivity contribution in [3.8, 4) is 5.75 Å². The van der Waals surface area contributed by atoms with Crippen molar-refractivity contribution in [3.05, 3.63) is 70.9 Å². The molecule has 4 aromatic rings. The largest absolute Gasteiger partial charge is 0.491 e. The number of aliphatic hydroxyl groups excluding tert-OH is 1. The zero-order chi connectivity index (χ0) is 21.6. The Kier molecular flexibility index (Phi) is 6.86. The lowest BCUT2D eigenvalue weighted by Gasteiger charge is -2.13. The predicted octanol–water partition coefficient (Wildman–Crippen LogP) is 4.05. The first-order chi connectivity index (χ1) is 15.1. The van der Waals surface area contributed by atoms with E-state index >= 15 is 0 Å². The maximum atomic E-state index is 12.8. The zero-order valence-electron chi connectivity index (χ0n) is 16.8. The van der Waals surface area contributed by atoms with Gasteiger partial charge < -0.3 is 19.6 Å². The molecule has 0 fully saturated rings. The van der Waals surface area contributed by atoms with Crippen molar-refractivity contribution in [2.45, 2.75) is 23.1 Å². The van der Waals surface area contributed by atoms with Gasteiger partial charge in [0.2, 0.25) is 0 Å². The van der Waals surface area contributed by atoms with Crippen LogP contribution in [0.3, 0.4) is 0 Å². The molecule has 0 aliphatic rings. The maximum Gasteiger partial charge on any atom is 0.287 e. The van der Waals surface area contributed by atoms with E-state index in [1.165, 1.54) is 23.1 Å². The van der Waals surface area contributed by atoms with E-state index in [-0.39, 0.29) is 24.8 Å². The number of para-hydroxylation sites is 2. The lowest BCUT2D eigenvalue weighted by Crippen LogP contribution is -2.35. The average Bonchev–Trinajstić information content (AvgIpc) is 3.38. The van der Waals surface area contributed by atoms with Crippen LogP contribution in [0.2, 0.25) is 0 Å². The molecule has 2 aromatic carbocycles. The van der Waals surface area contributed by atoms with Crippen molar-refractivity contribution in [2.24, 2.45) is 0 Å². The number of furan rings is 1. The van der Waals surface area contributed by atoms with Gasteiger partial charge in [0.1, 0.15) is 29.1 Å². The molecule has 0 spiro atoms. The van der Waals surface area contributed by atoms with Crippen molar-refractivity contribution < 1.29 is 19.1 Å². The van der Waals surface area contributed by atoms with E-state index in [9.17, 15) is 9.90 Å². The molecule has 7 nitrogen and oxygen atoms in total. The minimum absolute atomic E-state index is 0.0465. The Morgan fingerprint density at radius 1 is 1.19 bits per heavy atom. The van der Waals surface area contributed by atoms with Gasteiger partial charge in [-0.25, -0.2) is 0 Å². The van der Waals surface area contributed by atoms with E-state index in [1.807, 2.05) is 61.5 Å². The van der Waals surface area contributed by atoms with Gasteiger partial charge in [0.15, 0.2) is 10.1 Å². The minimum atomic E-state index is -0.851. The summed E-state index contributed by atoms with van der Waals surface area (Å²) in [6.07, 6.45) is -0.851. The van der Waals surface area contributed by atoms with Crippen molar-refractivity contribution >= 4 is 40.0 Å². The number of aryl methyl sites for hydroxylation is 1. The third kappa shape index (κ3) is 5.43. The monoisotopic (exact) mass is 455 g/mol. The minimum Gasteiger partial charge on any atom is -0.491 e. The maximum absolute atomic E-state index is 12.8. The zero-order valence-corrected chi connectivity index (χ0v) is 18.4. The van der Waals surface area contributed by atoms with Crippen molar-refractivity contribution in [1.82, 2.24) is 15.5 Å². The molecule has 2 N–H and O–H groups in total. The number of carbonyl (C=O) groups excluding carboxylic acids is 1. The van der Waals surface area contributed by atoms with Crippen molar-refractivity contribution in [2.75, 3.05) is 13.2 Å². The SMILES string of the molecule is Cc1nnc(SCc2c(C(=O)NCC(O)COc3ccccc3)oc3ccccc23)s1. The smallest absolute Gasteiger partial charge is 0.287 e. The number of thioether (sulfide) groups is 1. The molecule has 0 aliphatic carbocycles. The highest BCUT2D eigenvalue weighted by Gasteiger charge is 2.21. The van der Waals surface area contributed by atoms with E-state index in [2.05, 4.69) is 15.5 Å². The van der Waals surface area contributed by atoms with Crippen LogP contribution < -0.4 is 10.1 Å². The van der Waals surface area contributed by atoms with Gasteiger partial charge >= 0.3 is 0 Å². The number of ether oxygens (including phenoxy) is 1.